The van der Waals surface area contributed by atoms with Crippen molar-refractivity contribution in [3.63, 3.8) is 0 Å². The lowest BCUT2D eigenvalue weighted by Crippen LogP contribution is -2.33. The molecule has 0 aliphatic rings. The number of hydrogen-bond donors (Lipinski definition) is 1. The number of hydrogen-bond acceptors (Lipinski definition) is 3. The Balaban J connectivity index is 2.30. The lowest BCUT2D eigenvalue weighted by atomic mass is 10.1. The highest BCUT2D eigenvalue weighted by molar-refractivity contribution is 6.59. The number of nitrogens with zero attached hydrogens (tertiary/aromatic N) is 1. The average Bonchev–Trinajstić information content (AvgIpc) is 2.61. The highest BCUT2D eigenvalue weighted by atomic mass is 35.5. The molecule has 1 amide bonds. The molecule has 0 atom stereocenters. The maximum Gasteiger partial charge on any atom is 0.431 e. The summed E-state index contributed by atoms with van der Waals surface area (Å²) in [6, 6.07) is 8.12. The van der Waals surface area contributed by atoms with Gasteiger partial charge in [0.25, 0.3) is 0 Å². The lowest BCUT2D eigenvalue weighted by Gasteiger charge is -2.23. The minimum Gasteiger partial charge on any atom is -0.350 e. The minimum absolute atomic E-state index is 0.0291. The molecular weight excluding hydrogens is 479 g/mol. The molecule has 1 N–H and O–H groups in total. The Kier molecular flexibility index (Phi) is 8.61. The van der Waals surface area contributed by atoms with Crippen molar-refractivity contribution in [3.8, 4) is 0 Å². The van der Waals surface area contributed by atoms with Crippen LogP contribution in [0.15, 0.2) is 46.0 Å². The molecule has 150 valence electrons. The van der Waals surface area contributed by atoms with Crippen LogP contribution in [-0.4, -0.2) is 11.2 Å². The van der Waals surface area contributed by atoms with Crippen molar-refractivity contribution in [1.29, 1.82) is 0 Å². The first kappa shape index (κ1) is 23.0. The van der Waals surface area contributed by atoms with Gasteiger partial charge in [0.15, 0.2) is 0 Å². The predicted octanol–water partition coefficient (Wildman–Crippen LogP) is 6.76. The van der Waals surface area contributed by atoms with Crippen LogP contribution in [0.1, 0.15) is 11.1 Å². The van der Waals surface area contributed by atoms with Gasteiger partial charge in [-0.05, 0) is 24.3 Å². The third-order valence-corrected chi connectivity index (χ3v) is 4.95. The summed E-state index contributed by atoms with van der Waals surface area (Å²) in [6.07, 6.45) is -1.09. The highest BCUT2D eigenvalue weighted by Gasteiger charge is 2.21. The van der Waals surface area contributed by atoms with Crippen molar-refractivity contribution in [1.82, 2.24) is 10.4 Å². The van der Waals surface area contributed by atoms with Crippen LogP contribution in [0.5, 0.6) is 0 Å². The van der Waals surface area contributed by atoms with E-state index in [4.69, 9.17) is 62.8 Å². The zero-order valence-electron chi connectivity index (χ0n) is 13.8. The maximum atomic E-state index is 14.1. The average molecular weight is 491 g/mol. The normalized spacial score (nSPS) is 10.7. The first-order chi connectivity index (χ1) is 13.2. The van der Waals surface area contributed by atoms with Crippen molar-refractivity contribution in [3.05, 3.63) is 78.9 Å². The van der Waals surface area contributed by atoms with Gasteiger partial charge in [-0.15, -0.1) is 5.06 Å². The molecule has 4 nitrogen and oxygen atoms in total. The molecule has 0 fully saturated rings. The van der Waals surface area contributed by atoms with Crippen molar-refractivity contribution in [2.24, 2.45) is 0 Å². The van der Waals surface area contributed by atoms with Gasteiger partial charge >= 0.3 is 6.09 Å². The van der Waals surface area contributed by atoms with Gasteiger partial charge in [-0.1, -0.05) is 70.1 Å². The number of halogens is 7. The second kappa shape index (κ2) is 10.5. The number of nitrogens with one attached hydrogen (secondary N) is 1. The molecule has 2 aromatic carbocycles. The molecule has 28 heavy (non-hydrogen) atoms. The Bertz CT molecular complexity index is 813. The Morgan fingerprint density at radius 2 is 1.39 bits per heavy atom. The van der Waals surface area contributed by atoms with Crippen LogP contribution in [0.2, 0.25) is 10.0 Å². The molecule has 0 unspecified atom stereocenters. The fourth-order valence-corrected chi connectivity index (χ4v) is 2.73. The van der Waals surface area contributed by atoms with E-state index in [-0.39, 0.29) is 39.4 Å². The van der Waals surface area contributed by atoms with E-state index in [1.54, 1.807) is 0 Å². The number of carbonyl (C=O) groups excluding carboxylic acids is 1. The summed E-state index contributed by atoms with van der Waals surface area (Å²) in [7, 11) is 0. The molecule has 0 heterocycles. The molecule has 11 heteroatoms. The first-order valence-electron chi connectivity index (χ1n) is 7.49. The smallest absolute Gasteiger partial charge is 0.350 e. The van der Waals surface area contributed by atoms with E-state index in [9.17, 15) is 13.6 Å². The van der Waals surface area contributed by atoms with Crippen LogP contribution in [-0.2, 0) is 17.9 Å². The predicted molar refractivity (Wildman–Crippen MR) is 106 cm³/mol. The number of benzene rings is 2. The fourth-order valence-electron chi connectivity index (χ4n) is 2.12. The summed E-state index contributed by atoms with van der Waals surface area (Å²) in [4.78, 5) is 17.1. The molecule has 0 saturated heterocycles. The standard InChI is InChI=1S/C17H11Cl5F2N2O2/c18-11-3-1-5-13(23)9(11)7-26(28-17(27)25-16(22)15(20)21)8-10-12(19)4-2-6-14(10)24/h1-6H,7-8H2,(H,25,27). The number of rotatable bonds is 6. The van der Waals surface area contributed by atoms with Crippen molar-refractivity contribution >= 4 is 64.1 Å². The van der Waals surface area contributed by atoms with E-state index >= 15 is 0 Å². The second-order valence-corrected chi connectivity index (χ2v) is 7.42. The Morgan fingerprint density at radius 1 is 0.929 bits per heavy atom. The summed E-state index contributed by atoms with van der Waals surface area (Å²) in [6.45, 7) is -0.612. The lowest BCUT2D eigenvalue weighted by molar-refractivity contribution is -0.115. The van der Waals surface area contributed by atoms with Gasteiger partial charge in [-0.3, -0.25) is 5.32 Å². The molecule has 0 radical (unpaired) electrons. The van der Waals surface area contributed by atoms with Crippen LogP contribution in [0.4, 0.5) is 13.6 Å². The fraction of sp³-hybridized carbons (Fsp3) is 0.118. The minimum atomic E-state index is -1.09. The van der Waals surface area contributed by atoms with Crippen molar-refractivity contribution < 1.29 is 18.4 Å². The zero-order chi connectivity index (χ0) is 20.8. The van der Waals surface area contributed by atoms with E-state index in [0.717, 1.165) is 5.06 Å². The number of carbonyl (C=O) groups is 1. The monoisotopic (exact) mass is 488 g/mol. The number of hydroxylamine groups is 2. The van der Waals surface area contributed by atoms with Gasteiger partial charge in [-0.2, -0.15) is 0 Å². The summed E-state index contributed by atoms with van der Waals surface area (Å²) in [5, 5.41) is 2.82. The topological polar surface area (TPSA) is 41.6 Å². The quantitative estimate of drug-likeness (QED) is 0.359. The van der Waals surface area contributed by atoms with E-state index < -0.39 is 22.2 Å². The Hall–Kier alpha value is -1.28. The van der Waals surface area contributed by atoms with Crippen LogP contribution in [0.3, 0.4) is 0 Å². The molecule has 0 aromatic heterocycles. The summed E-state index contributed by atoms with van der Waals surface area (Å²) in [5.74, 6) is -1.27. The van der Waals surface area contributed by atoms with Gasteiger partial charge in [-0.25, -0.2) is 13.6 Å². The molecule has 2 rings (SSSR count). The van der Waals surface area contributed by atoms with Crippen LogP contribution in [0, 0.1) is 11.6 Å². The van der Waals surface area contributed by atoms with E-state index in [1.807, 2.05) is 0 Å². The molecule has 0 bridgehead atoms. The van der Waals surface area contributed by atoms with Crippen LogP contribution < -0.4 is 5.32 Å². The molecule has 0 aliphatic carbocycles. The third kappa shape index (κ3) is 6.37. The molecule has 2 aromatic rings. The van der Waals surface area contributed by atoms with Gasteiger partial charge < -0.3 is 4.84 Å². The molecule has 0 spiro atoms. The zero-order valence-corrected chi connectivity index (χ0v) is 17.6. The maximum absolute atomic E-state index is 14.1. The first-order valence-corrected chi connectivity index (χ1v) is 9.38. The molecular formula is C17H11Cl5F2N2O2. The largest absolute Gasteiger partial charge is 0.431 e. The van der Waals surface area contributed by atoms with Gasteiger partial charge in [0.2, 0.25) is 0 Å². The third-order valence-electron chi connectivity index (χ3n) is 3.38. The molecule has 0 aliphatic heterocycles. The van der Waals surface area contributed by atoms with E-state index in [1.165, 1.54) is 36.4 Å². The summed E-state index contributed by atoms with van der Waals surface area (Å²) >= 11 is 28.6. The highest BCUT2D eigenvalue weighted by Crippen LogP contribution is 2.25. The SMILES string of the molecule is O=C(NC(Cl)=C(Cl)Cl)ON(Cc1c(F)cccc1Cl)Cc1c(F)cccc1Cl. The van der Waals surface area contributed by atoms with E-state index in [0.29, 0.717) is 0 Å². The van der Waals surface area contributed by atoms with E-state index in [2.05, 4.69) is 5.32 Å². The van der Waals surface area contributed by atoms with Gasteiger partial charge in [0, 0.05) is 21.2 Å². The van der Waals surface area contributed by atoms with Crippen LogP contribution in [0.25, 0.3) is 0 Å². The van der Waals surface area contributed by atoms with Gasteiger partial charge in [0.05, 0.1) is 13.1 Å². The van der Waals surface area contributed by atoms with Crippen molar-refractivity contribution in [2.75, 3.05) is 0 Å². The van der Waals surface area contributed by atoms with Crippen molar-refractivity contribution in [2.45, 2.75) is 13.1 Å². The Labute approximate surface area is 184 Å². The van der Waals surface area contributed by atoms with Crippen LogP contribution >= 0.6 is 58.0 Å². The number of amides is 1. The second-order valence-electron chi connectivity index (χ2n) is 5.28. The Morgan fingerprint density at radius 3 is 1.79 bits per heavy atom. The summed E-state index contributed by atoms with van der Waals surface area (Å²) < 4.78 is 27.9. The summed E-state index contributed by atoms with van der Waals surface area (Å²) in [5.41, 5.74) is 0.0582. The van der Waals surface area contributed by atoms with Gasteiger partial charge in [0.1, 0.15) is 21.3 Å². The molecule has 0 saturated carbocycles.